The Balaban J connectivity index is 1.60. The molecular formula is C22H21FN2O5. The van der Waals surface area contributed by atoms with Crippen molar-refractivity contribution in [1.82, 2.24) is 9.80 Å². The van der Waals surface area contributed by atoms with Gasteiger partial charge in [0.15, 0.2) is 0 Å². The van der Waals surface area contributed by atoms with Gasteiger partial charge in [-0.15, -0.1) is 0 Å². The molecule has 0 unspecified atom stereocenters. The number of halogens is 1. The monoisotopic (exact) mass is 412 g/mol. The summed E-state index contributed by atoms with van der Waals surface area (Å²) in [5.41, 5.74) is 1.62. The molecule has 2 aromatic rings. The van der Waals surface area contributed by atoms with Crippen LogP contribution >= 0.6 is 0 Å². The number of ether oxygens (including phenoxy) is 1. The molecule has 7 nitrogen and oxygen atoms in total. The van der Waals surface area contributed by atoms with Crippen LogP contribution in [0.2, 0.25) is 0 Å². The molecule has 2 aromatic carbocycles. The Bertz CT molecular complexity index is 950. The fourth-order valence-electron chi connectivity index (χ4n) is 4.20. The third kappa shape index (κ3) is 3.85. The first-order chi connectivity index (χ1) is 14.4. The first-order valence-electron chi connectivity index (χ1n) is 9.71. The lowest BCUT2D eigenvalue weighted by atomic mass is 9.87. The van der Waals surface area contributed by atoms with E-state index < -0.39 is 41.8 Å². The van der Waals surface area contributed by atoms with Gasteiger partial charge in [0, 0.05) is 19.0 Å². The van der Waals surface area contributed by atoms with Gasteiger partial charge in [-0.1, -0.05) is 42.5 Å². The quantitative estimate of drug-likeness (QED) is 0.834. The van der Waals surface area contributed by atoms with Crippen LogP contribution < -0.4 is 0 Å². The summed E-state index contributed by atoms with van der Waals surface area (Å²) < 4.78 is 18.5. The van der Waals surface area contributed by atoms with E-state index >= 15 is 0 Å². The zero-order valence-electron chi connectivity index (χ0n) is 16.1. The summed E-state index contributed by atoms with van der Waals surface area (Å²) >= 11 is 0. The Morgan fingerprint density at radius 1 is 1.07 bits per heavy atom. The molecule has 3 atom stereocenters. The number of carbonyl (C=O) groups excluding carboxylic acids is 2. The summed E-state index contributed by atoms with van der Waals surface area (Å²) in [6.07, 6.45) is -1.40. The Hall–Kier alpha value is -3.42. The molecule has 2 heterocycles. The predicted molar refractivity (Wildman–Crippen MR) is 104 cm³/mol. The van der Waals surface area contributed by atoms with Gasteiger partial charge in [-0.2, -0.15) is 0 Å². The third-order valence-electron chi connectivity index (χ3n) is 5.72. The van der Waals surface area contributed by atoms with Crippen molar-refractivity contribution in [3.8, 4) is 0 Å². The van der Waals surface area contributed by atoms with E-state index in [1.165, 1.54) is 12.1 Å². The maximum atomic E-state index is 13.4. The van der Waals surface area contributed by atoms with Crippen LogP contribution in [0.4, 0.5) is 14.0 Å². The lowest BCUT2D eigenvalue weighted by Gasteiger charge is -2.25. The van der Waals surface area contributed by atoms with E-state index in [0.717, 1.165) is 15.4 Å². The number of amides is 3. The van der Waals surface area contributed by atoms with E-state index in [1.807, 2.05) is 30.3 Å². The Morgan fingerprint density at radius 2 is 1.77 bits per heavy atom. The molecule has 2 aliphatic rings. The molecule has 0 radical (unpaired) electrons. The molecule has 2 fully saturated rings. The van der Waals surface area contributed by atoms with Crippen LogP contribution in [0.15, 0.2) is 54.6 Å². The van der Waals surface area contributed by atoms with Crippen molar-refractivity contribution in [2.75, 3.05) is 19.7 Å². The van der Waals surface area contributed by atoms with Crippen molar-refractivity contribution in [3.05, 3.63) is 71.5 Å². The second-order valence-electron chi connectivity index (χ2n) is 7.58. The van der Waals surface area contributed by atoms with Gasteiger partial charge in [-0.05, 0) is 29.7 Å². The highest BCUT2D eigenvalue weighted by Gasteiger charge is 2.47. The van der Waals surface area contributed by atoms with E-state index in [9.17, 15) is 23.9 Å². The summed E-state index contributed by atoms with van der Waals surface area (Å²) in [7, 11) is 0. The normalized spacial score (nSPS) is 23.5. The van der Waals surface area contributed by atoms with Gasteiger partial charge in [-0.3, -0.25) is 4.79 Å². The van der Waals surface area contributed by atoms with E-state index in [2.05, 4.69) is 0 Å². The maximum absolute atomic E-state index is 13.4. The number of nitrogens with zero attached hydrogens (tertiary/aromatic N) is 2. The Labute approximate surface area is 172 Å². The Morgan fingerprint density at radius 3 is 2.43 bits per heavy atom. The number of carboxylic acid groups (broad SMARTS) is 1. The summed E-state index contributed by atoms with van der Waals surface area (Å²) in [5.74, 6) is -2.10. The lowest BCUT2D eigenvalue weighted by molar-refractivity contribution is -0.133. The molecular weight excluding hydrogens is 391 g/mol. The predicted octanol–water partition coefficient (Wildman–Crippen LogP) is 3.11. The largest absolute Gasteiger partial charge is 0.465 e. The lowest BCUT2D eigenvalue weighted by Crippen LogP contribution is -2.45. The van der Waals surface area contributed by atoms with E-state index in [-0.39, 0.29) is 19.7 Å². The van der Waals surface area contributed by atoms with Crippen molar-refractivity contribution in [3.63, 3.8) is 0 Å². The van der Waals surface area contributed by atoms with Crippen LogP contribution in [0.25, 0.3) is 0 Å². The zero-order valence-corrected chi connectivity index (χ0v) is 16.1. The van der Waals surface area contributed by atoms with Crippen LogP contribution in [0, 0.1) is 11.7 Å². The van der Waals surface area contributed by atoms with E-state index in [4.69, 9.17) is 4.74 Å². The van der Waals surface area contributed by atoms with Gasteiger partial charge in [0.25, 0.3) is 0 Å². The molecule has 4 rings (SSSR count). The fourth-order valence-corrected chi connectivity index (χ4v) is 4.20. The Kier molecular flexibility index (Phi) is 5.39. The second kappa shape index (κ2) is 8.14. The molecule has 0 aromatic heterocycles. The number of benzene rings is 2. The molecule has 0 spiro atoms. The highest BCUT2D eigenvalue weighted by atomic mass is 19.1. The minimum absolute atomic E-state index is 0.0297. The minimum Gasteiger partial charge on any atom is -0.465 e. The van der Waals surface area contributed by atoms with Crippen LogP contribution in [0.5, 0.6) is 0 Å². The van der Waals surface area contributed by atoms with Gasteiger partial charge in [0.2, 0.25) is 5.91 Å². The zero-order chi connectivity index (χ0) is 21.3. The summed E-state index contributed by atoms with van der Waals surface area (Å²) in [4.78, 5) is 39.6. The van der Waals surface area contributed by atoms with Crippen LogP contribution in [0.3, 0.4) is 0 Å². The first kappa shape index (κ1) is 19.9. The van der Waals surface area contributed by atoms with Crippen LogP contribution in [0.1, 0.15) is 17.0 Å². The molecule has 30 heavy (non-hydrogen) atoms. The van der Waals surface area contributed by atoms with Crippen LogP contribution in [-0.4, -0.2) is 58.7 Å². The third-order valence-corrected chi connectivity index (χ3v) is 5.72. The standard InChI is InChI=1S/C22H21FN2O5/c23-16-8-6-15(7-9-16)18-11-24(21(27)28)12-19(18)20(26)25-17(13-30-22(25)29)10-14-4-2-1-3-5-14/h1-9,17-19H,10-13H2,(H,27,28)/t17-,18+,19-/m1/s1. The fraction of sp³-hybridized carbons (Fsp3) is 0.318. The minimum atomic E-state index is -1.14. The number of hydrogen-bond donors (Lipinski definition) is 1. The summed E-state index contributed by atoms with van der Waals surface area (Å²) in [6, 6.07) is 14.7. The van der Waals surface area contributed by atoms with Gasteiger partial charge < -0.3 is 14.7 Å². The molecule has 156 valence electrons. The maximum Gasteiger partial charge on any atom is 0.416 e. The average Bonchev–Trinajstić information content (AvgIpc) is 3.33. The molecule has 0 saturated carbocycles. The molecule has 2 aliphatic heterocycles. The molecule has 1 N–H and O–H groups in total. The number of rotatable bonds is 4. The van der Waals surface area contributed by atoms with Crippen molar-refractivity contribution in [2.45, 2.75) is 18.4 Å². The van der Waals surface area contributed by atoms with Crippen LogP contribution in [-0.2, 0) is 16.0 Å². The van der Waals surface area contributed by atoms with Crippen molar-refractivity contribution < 1.29 is 28.6 Å². The number of hydrogen-bond acceptors (Lipinski definition) is 4. The van der Waals surface area contributed by atoms with E-state index in [1.54, 1.807) is 12.1 Å². The molecule has 0 bridgehead atoms. The highest BCUT2D eigenvalue weighted by molar-refractivity contribution is 5.96. The molecule has 2 saturated heterocycles. The number of likely N-dealkylation sites (tertiary alicyclic amines) is 1. The topological polar surface area (TPSA) is 87.2 Å². The summed E-state index contributed by atoms with van der Waals surface area (Å²) in [5, 5.41) is 9.44. The SMILES string of the molecule is O=C(O)N1C[C@@H](C(=O)N2C(=O)OC[C@H]2Cc2ccccc2)[C@H](c2ccc(F)cc2)C1. The van der Waals surface area contributed by atoms with Crippen molar-refractivity contribution in [1.29, 1.82) is 0 Å². The number of imide groups is 1. The van der Waals surface area contributed by atoms with Gasteiger partial charge in [-0.25, -0.2) is 18.9 Å². The first-order valence-corrected chi connectivity index (χ1v) is 9.71. The van der Waals surface area contributed by atoms with Gasteiger partial charge >= 0.3 is 12.2 Å². The van der Waals surface area contributed by atoms with Gasteiger partial charge in [0.05, 0.1) is 12.0 Å². The van der Waals surface area contributed by atoms with E-state index in [0.29, 0.717) is 12.0 Å². The number of carbonyl (C=O) groups is 3. The van der Waals surface area contributed by atoms with Gasteiger partial charge in [0.1, 0.15) is 12.4 Å². The number of cyclic esters (lactones) is 1. The molecule has 8 heteroatoms. The highest BCUT2D eigenvalue weighted by Crippen LogP contribution is 2.35. The van der Waals surface area contributed by atoms with Crippen molar-refractivity contribution >= 4 is 18.1 Å². The smallest absolute Gasteiger partial charge is 0.416 e. The second-order valence-corrected chi connectivity index (χ2v) is 7.58. The molecule has 0 aliphatic carbocycles. The summed E-state index contributed by atoms with van der Waals surface area (Å²) in [6.45, 7) is 0.164. The average molecular weight is 412 g/mol. The molecule has 3 amide bonds. The van der Waals surface area contributed by atoms with Crippen molar-refractivity contribution in [2.24, 2.45) is 5.92 Å².